The Hall–Kier alpha value is -0.0100. The molecular formula is C8H23N2O5P. The lowest BCUT2D eigenvalue weighted by Crippen LogP contribution is -2.37. The number of rotatable bonds is 6. The normalized spacial score (nSPS) is 14.9. The van der Waals surface area contributed by atoms with Crippen LogP contribution in [0.4, 0.5) is 0 Å². The van der Waals surface area contributed by atoms with E-state index in [1.54, 1.807) is 7.05 Å². The molecular weight excluding hydrogens is 235 g/mol. The first-order chi connectivity index (χ1) is 7.12. The van der Waals surface area contributed by atoms with Crippen LogP contribution in [0.15, 0.2) is 0 Å². The van der Waals surface area contributed by atoms with E-state index in [4.69, 9.17) is 10.00 Å². The molecule has 0 radical (unpaired) electrons. The maximum absolute atomic E-state index is 10.1. The fourth-order valence-electron chi connectivity index (χ4n) is 0.542. The second-order valence-electron chi connectivity index (χ2n) is 4.14. The van der Waals surface area contributed by atoms with E-state index in [1.165, 1.54) is 0 Å². The Kier molecular flexibility index (Phi) is 10.4. The average molecular weight is 258 g/mol. The lowest BCUT2D eigenvalue weighted by atomic mass is 10.5. The third-order valence-electron chi connectivity index (χ3n) is 1.38. The van der Waals surface area contributed by atoms with E-state index in [0.717, 1.165) is 0 Å². The molecule has 0 aromatic rings. The predicted octanol–water partition coefficient (Wildman–Crippen LogP) is -1.63. The fourth-order valence-corrected chi connectivity index (χ4v) is 0.854. The van der Waals surface area contributed by atoms with Gasteiger partial charge in [0.15, 0.2) is 0 Å². The highest BCUT2D eigenvalue weighted by atomic mass is 31.2. The maximum Gasteiger partial charge on any atom is 0.265 e. The zero-order valence-electron chi connectivity index (χ0n) is 10.3. The molecule has 100 valence electrons. The van der Waals surface area contributed by atoms with Gasteiger partial charge in [-0.15, -0.1) is 0 Å². The first-order valence-corrected chi connectivity index (χ1v) is 6.36. The molecule has 0 bridgehead atoms. The zero-order chi connectivity index (χ0) is 13.2. The van der Waals surface area contributed by atoms with E-state index < -0.39 is 7.82 Å². The van der Waals surface area contributed by atoms with E-state index >= 15 is 0 Å². The molecule has 0 aromatic heterocycles. The van der Waals surface area contributed by atoms with Crippen molar-refractivity contribution >= 4 is 7.82 Å². The minimum Gasteiger partial charge on any atom is -0.756 e. The third kappa shape index (κ3) is 23.7. The van der Waals surface area contributed by atoms with E-state index in [9.17, 15) is 9.46 Å². The van der Waals surface area contributed by atoms with Crippen molar-refractivity contribution in [2.24, 2.45) is 0 Å². The number of phosphoric acid groups is 1. The number of aliphatic hydroxyl groups excluding tert-OH is 1. The van der Waals surface area contributed by atoms with Gasteiger partial charge < -0.3 is 29.2 Å². The number of nitrogens with one attached hydrogen (secondary N) is 1. The van der Waals surface area contributed by atoms with Gasteiger partial charge in [-0.2, -0.15) is 0 Å². The first kappa shape index (κ1) is 18.4. The standard InChI is InChI=1S/C5H14NO4P.C3H9NO/c1-6(2,3)4-5-10-11(7,8)9;1-4-2-3-5/h4-5H2,1-3H3,(H-,7,8,9);4-5H,2-3H2,1H3. The topological polar surface area (TPSA) is 102 Å². The van der Waals surface area contributed by atoms with Gasteiger partial charge in [-0.05, 0) is 7.05 Å². The number of hydrogen-bond acceptors (Lipinski definition) is 5. The molecule has 8 heteroatoms. The summed E-state index contributed by atoms with van der Waals surface area (Å²) in [5, 5.41) is 10.8. The van der Waals surface area contributed by atoms with Crippen LogP contribution in [-0.2, 0) is 9.09 Å². The number of phosphoric ester groups is 1. The Labute approximate surface area is 96.9 Å². The number of nitrogens with zero attached hydrogens (tertiary/aromatic N) is 1. The van der Waals surface area contributed by atoms with Crippen molar-refractivity contribution < 1.29 is 28.5 Å². The summed E-state index contributed by atoms with van der Waals surface area (Å²) in [4.78, 5) is 18.3. The molecule has 3 N–H and O–H groups in total. The van der Waals surface area contributed by atoms with Gasteiger partial charge in [-0.25, -0.2) is 0 Å². The summed E-state index contributed by atoms with van der Waals surface area (Å²) in [7, 11) is 2.99. The lowest BCUT2D eigenvalue weighted by Gasteiger charge is -2.25. The van der Waals surface area contributed by atoms with E-state index in [-0.39, 0.29) is 13.2 Å². The molecule has 0 heterocycles. The molecule has 7 nitrogen and oxygen atoms in total. The molecule has 0 aliphatic carbocycles. The van der Waals surface area contributed by atoms with Gasteiger partial charge in [0, 0.05) is 6.54 Å². The number of quaternary nitrogens is 1. The molecule has 0 saturated carbocycles. The largest absolute Gasteiger partial charge is 0.756 e. The van der Waals surface area contributed by atoms with E-state index in [0.29, 0.717) is 17.6 Å². The van der Waals surface area contributed by atoms with Crippen LogP contribution in [0.3, 0.4) is 0 Å². The molecule has 0 rings (SSSR count). The van der Waals surface area contributed by atoms with Gasteiger partial charge >= 0.3 is 0 Å². The second-order valence-corrected chi connectivity index (χ2v) is 5.34. The van der Waals surface area contributed by atoms with Crippen LogP contribution in [-0.4, -0.2) is 69.0 Å². The van der Waals surface area contributed by atoms with Crippen LogP contribution >= 0.6 is 7.82 Å². The molecule has 16 heavy (non-hydrogen) atoms. The van der Waals surface area contributed by atoms with Crippen LogP contribution in [0.2, 0.25) is 0 Å². The van der Waals surface area contributed by atoms with Gasteiger partial charge in [0.1, 0.15) is 13.2 Å². The molecule has 0 saturated heterocycles. The highest BCUT2D eigenvalue weighted by Crippen LogP contribution is 2.29. The SMILES string of the molecule is CNCCO.C[N+](C)(C)CCOP(=O)([O-])O. The van der Waals surface area contributed by atoms with Gasteiger partial charge in [0.2, 0.25) is 0 Å². The highest BCUT2D eigenvalue weighted by molar-refractivity contribution is 7.44. The highest BCUT2D eigenvalue weighted by Gasteiger charge is 2.08. The Morgan fingerprint density at radius 1 is 1.44 bits per heavy atom. The third-order valence-corrected chi connectivity index (χ3v) is 1.89. The summed E-state index contributed by atoms with van der Waals surface area (Å²) in [6.45, 7) is 1.48. The predicted molar refractivity (Wildman–Crippen MR) is 59.7 cm³/mol. The van der Waals surface area contributed by atoms with Gasteiger partial charge in [0.25, 0.3) is 7.82 Å². The van der Waals surface area contributed by atoms with Crippen molar-refractivity contribution in [3.8, 4) is 0 Å². The summed E-state index contributed by atoms with van der Waals surface area (Å²) in [6.07, 6.45) is 0. The number of likely N-dealkylation sites (N-methyl/N-ethyl adjacent to an activating group) is 2. The summed E-state index contributed by atoms with van der Waals surface area (Å²) >= 11 is 0. The number of hydrogen-bond donors (Lipinski definition) is 3. The smallest absolute Gasteiger partial charge is 0.265 e. The van der Waals surface area contributed by atoms with Crippen molar-refractivity contribution in [3.63, 3.8) is 0 Å². The lowest BCUT2D eigenvalue weighted by molar-refractivity contribution is -0.870. The second kappa shape index (κ2) is 9.07. The zero-order valence-corrected chi connectivity index (χ0v) is 11.2. The molecule has 1 atom stereocenters. The van der Waals surface area contributed by atoms with E-state index in [2.05, 4.69) is 9.84 Å². The van der Waals surface area contributed by atoms with Crippen molar-refractivity contribution in [2.75, 3.05) is 54.5 Å². The molecule has 0 amide bonds. The van der Waals surface area contributed by atoms with E-state index in [1.807, 2.05) is 21.1 Å². The Morgan fingerprint density at radius 3 is 2.12 bits per heavy atom. The summed E-state index contributed by atoms with van der Waals surface area (Å²) < 4.78 is 14.8. The molecule has 0 spiro atoms. The summed E-state index contributed by atoms with van der Waals surface area (Å²) in [5.41, 5.74) is 0. The minimum absolute atomic E-state index is 0.0147. The van der Waals surface area contributed by atoms with Crippen molar-refractivity contribution in [1.82, 2.24) is 5.32 Å². The van der Waals surface area contributed by atoms with Crippen LogP contribution in [0.25, 0.3) is 0 Å². The van der Waals surface area contributed by atoms with Crippen LogP contribution in [0, 0.1) is 0 Å². The molecule has 1 unspecified atom stereocenters. The number of aliphatic hydroxyl groups is 1. The van der Waals surface area contributed by atoms with Crippen molar-refractivity contribution in [3.05, 3.63) is 0 Å². The van der Waals surface area contributed by atoms with Gasteiger partial charge in [-0.3, -0.25) is 4.57 Å². The molecule has 0 aliphatic heterocycles. The Morgan fingerprint density at radius 2 is 1.94 bits per heavy atom. The molecule has 0 aromatic carbocycles. The Balaban J connectivity index is 0. The van der Waals surface area contributed by atoms with Gasteiger partial charge in [0.05, 0.1) is 27.7 Å². The fraction of sp³-hybridized carbons (Fsp3) is 1.00. The van der Waals surface area contributed by atoms with Crippen molar-refractivity contribution in [2.45, 2.75) is 0 Å². The molecule has 0 fully saturated rings. The summed E-state index contributed by atoms with van der Waals surface area (Å²) in [6, 6.07) is 0. The van der Waals surface area contributed by atoms with Crippen LogP contribution in [0.5, 0.6) is 0 Å². The average Bonchev–Trinajstić information content (AvgIpc) is 2.01. The van der Waals surface area contributed by atoms with Crippen molar-refractivity contribution in [1.29, 1.82) is 0 Å². The first-order valence-electron chi connectivity index (χ1n) is 4.86. The maximum atomic E-state index is 10.1. The van der Waals surface area contributed by atoms with Gasteiger partial charge in [-0.1, -0.05) is 0 Å². The van der Waals surface area contributed by atoms with Crippen LogP contribution < -0.4 is 10.2 Å². The van der Waals surface area contributed by atoms with Crippen LogP contribution in [0.1, 0.15) is 0 Å². The summed E-state index contributed by atoms with van der Waals surface area (Å²) in [5.74, 6) is 0. The monoisotopic (exact) mass is 258 g/mol. The minimum atomic E-state index is -4.51. The Bertz CT molecular complexity index is 199. The molecule has 0 aliphatic rings. The quantitative estimate of drug-likeness (QED) is 0.390.